The number of carbonyl (C=O) groups excluding carboxylic acids is 3. The van der Waals surface area contributed by atoms with Crippen molar-refractivity contribution in [3.8, 4) is 0 Å². The maximum atomic E-state index is 15.1. The van der Waals surface area contributed by atoms with Crippen LogP contribution in [0.25, 0.3) is 0 Å². The third-order valence-electron chi connectivity index (χ3n) is 5.07. The highest BCUT2D eigenvalue weighted by Gasteiger charge is 2.32. The summed E-state index contributed by atoms with van der Waals surface area (Å²) < 4.78 is 34.9. The zero-order valence-corrected chi connectivity index (χ0v) is 18.0. The lowest BCUT2D eigenvalue weighted by Gasteiger charge is -2.22. The van der Waals surface area contributed by atoms with Crippen molar-refractivity contribution in [2.24, 2.45) is 0 Å². The second kappa shape index (κ2) is 9.64. The molecule has 1 amide bonds. The molecule has 3 rings (SSSR count). The molecule has 7 nitrogen and oxygen atoms in total. The van der Waals surface area contributed by atoms with E-state index in [9.17, 15) is 18.8 Å². The molecule has 168 valence electrons. The van der Waals surface area contributed by atoms with Crippen LogP contribution < -0.4 is 15.5 Å². The Morgan fingerprint density at radius 2 is 1.97 bits per heavy atom. The van der Waals surface area contributed by atoms with Crippen molar-refractivity contribution in [3.05, 3.63) is 40.1 Å². The number of carbonyl (C=O) groups is 3. The fraction of sp³-hybridized carbons (Fsp3) is 0.476. The number of ether oxygens (including phenoxy) is 1. The van der Waals surface area contributed by atoms with Crippen LogP contribution in [0.4, 0.5) is 14.5 Å². The predicted molar refractivity (Wildman–Crippen MR) is 111 cm³/mol. The molecule has 10 heteroatoms. The lowest BCUT2D eigenvalue weighted by atomic mass is 10.0. The van der Waals surface area contributed by atoms with E-state index in [0.29, 0.717) is 13.0 Å². The van der Waals surface area contributed by atoms with Crippen LogP contribution in [0.15, 0.2) is 17.8 Å². The molecule has 1 aromatic rings. The Kier molecular flexibility index (Phi) is 7.15. The van der Waals surface area contributed by atoms with Crippen molar-refractivity contribution in [1.29, 1.82) is 0 Å². The quantitative estimate of drug-likeness (QED) is 0.156. The van der Waals surface area contributed by atoms with Crippen LogP contribution in [0.1, 0.15) is 43.5 Å². The second-order valence-electron chi connectivity index (χ2n) is 7.56. The van der Waals surface area contributed by atoms with Crippen molar-refractivity contribution in [2.45, 2.75) is 45.2 Å². The molecular formula is C21H24ClF2N3O4. The van der Waals surface area contributed by atoms with Crippen LogP contribution in [-0.4, -0.2) is 49.4 Å². The predicted octanol–water partition coefficient (Wildman–Crippen LogP) is 2.71. The van der Waals surface area contributed by atoms with Gasteiger partial charge < -0.3 is 20.3 Å². The first kappa shape index (κ1) is 23.0. The van der Waals surface area contributed by atoms with Gasteiger partial charge in [0.05, 0.1) is 17.9 Å². The van der Waals surface area contributed by atoms with Gasteiger partial charge in [0.15, 0.2) is 5.82 Å². The van der Waals surface area contributed by atoms with Crippen LogP contribution in [0, 0.1) is 11.6 Å². The van der Waals surface area contributed by atoms with Crippen LogP contribution >= 0.6 is 11.6 Å². The molecule has 1 aliphatic carbocycles. The fourth-order valence-corrected chi connectivity index (χ4v) is 3.74. The van der Waals surface area contributed by atoms with Gasteiger partial charge in [0.25, 0.3) is 0 Å². The minimum Gasteiger partial charge on any atom is -0.462 e. The SMILES string of the molecule is CCOC(=O)/C(=C\NC1CC1)C(=O)c1cc(F)c(N2CCC(NC(C)=O)C2)c(Cl)c1F. The monoisotopic (exact) mass is 455 g/mol. The van der Waals surface area contributed by atoms with E-state index >= 15 is 4.39 Å². The van der Waals surface area contributed by atoms with E-state index in [0.717, 1.165) is 18.9 Å². The average molecular weight is 456 g/mol. The number of nitrogens with one attached hydrogen (secondary N) is 2. The van der Waals surface area contributed by atoms with Gasteiger partial charge in [-0.1, -0.05) is 11.6 Å². The van der Waals surface area contributed by atoms with Gasteiger partial charge in [-0.3, -0.25) is 9.59 Å². The van der Waals surface area contributed by atoms with Crippen LogP contribution in [0.2, 0.25) is 5.02 Å². The van der Waals surface area contributed by atoms with Gasteiger partial charge in [0, 0.05) is 38.3 Å². The number of rotatable bonds is 8. The maximum Gasteiger partial charge on any atom is 0.343 e. The molecule has 0 aromatic heterocycles. The number of halogens is 3. The number of ketones is 1. The molecule has 0 spiro atoms. The van der Waals surface area contributed by atoms with Gasteiger partial charge >= 0.3 is 5.97 Å². The Labute approximate surface area is 183 Å². The lowest BCUT2D eigenvalue weighted by molar-refractivity contribution is -0.138. The van der Waals surface area contributed by atoms with Crippen molar-refractivity contribution in [1.82, 2.24) is 10.6 Å². The summed E-state index contributed by atoms with van der Waals surface area (Å²) in [6, 6.07) is 0.662. The molecule has 0 bridgehead atoms. The summed E-state index contributed by atoms with van der Waals surface area (Å²) in [5.74, 6) is -4.18. The number of Topliss-reactive ketones (excluding diaryl/α,β-unsaturated/α-hetero) is 1. The van der Waals surface area contributed by atoms with Crippen molar-refractivity contribution >= 4 is 34.9 Å². The number of hydrogen-bond acceptors (Lipinski definition) is 6. The first-order valence-corrected chi connectivity index (χ1v) is 10.5. The first-order chi connectivity index (χ1) is 14.7. The molecule has 1 atom stereocenters. The van der Waals surface area contributed by atoms with Crippen LogP contribution in [0.3, 0.4) is 0 Å². The number of esters is 1. The Balaban J connectivity index is 1.89. The van der Waals surface area contributed by atoms with E-state index in [2.05, 4.69) is 10.6 Å². The normalized spacial score (nSPS) is 18.7. The average Bonchev–Trinajstić information content (AvgIpc) is 3.43. The molecule has 31 heavy (non-hydrogen) atoms. The van der Waals surface area contributed by atoms with Crippen molar-refractivity contribution in [3.63, 3.8) is 0 Å². The summed E-state index contributed by atoms with van der Waals surface area (Å²) in [6.07, 6.45) is 3.51. The first-order valence-electron chi connectivity index (χ1n) is 10.1. The molecule has 0 radical (unpaired) electrons. The van der Waals surface area contributed by atoms with E-state index in [4.69, 9.17) is 16.3 Å². The van der Waals surface area contributed by atoms with E-state index in [1.54, 1.807) is 6.92 Å². The maximum absolute atomic E-state index is 15.1. The number of benzene rings is 1. The number of amides is 1. The van der Waals surface area contributed by atoms with Gasteiger partial charge in [-0.2, -0.15) is 0 Å². The Bertz CT molecular complexity index is 934. The number of nitrogens with zero attached hydrogens (tertiary/aromatic N) is 1. The van der Waals surface area contributed by atoms with Gasteiger partial charge in [-0.15, -0.1) is 0 Å². The van der Waals surface area contributed by atoms with Crippen LogP contribution in [-0.2, 0) is 14.3 Å². The minimum atomic E-state index is -1.12. The van der Waals surface area contributed by atoms with E-state index < -0.39 is 39.5 Å². The minimum absolute atomic E-state index is 0.0217. The molecule has 1 unspecified atom stereocenters. The Morgan fingerprint density at radius 1 is 1.26 bits per heavy atom. The highest BCUT2D eigenvalue weighted by atomic mass is 35.5. The topological polar surface area (TPSA) is 87.7 Å². The molecule has 1 saturated heterocycles. The van der Waals surface area contributed by atoms with Gasteiger partial charge in [0.2, 0.25) is 11.7 Å². The summed E-state index contributed by atoms with van der Waals surface area (Å²) in [5, 5.41) is 5.08. The molecule has 2 fully saturated rings. The lowest BCUT2D eigenvalue weighted by Crippen LogP contribution is -2.35. The van der Waals surface area contributed by atoms with Gasteiger partial charge in [-0.05, 0) is 32.3 Å². The summed E-state index contributed by atoms with van der Waals surface area (Å²) >= 11 is 6.12. The number of anilines is 1. The van der Waals surface area contributed by atoms with Gasteiger partial charge in [0.1, 0.15) is 16.4 Å². The highest BCUT2D eigenvalue weighted by molar-refractivity contribution is 6.34. The Hall–Kier alpha value is -2.68. The van der Waals surface area contributed by atoms with Crippen LogP contribution in [0.5, 0.6) is 0 Å². The third-order valence-corrected chi connectivity index (χ3v) is 5.42. The van der Waals surface area contributed by atoms with E-state index in [-0.39, 0.29) is 36.8 Å². The summed E-state index contributed by atoms with van der Waals surface area (Å²) in [4.78, 5) is 37.9. The molecule has 1 aromatic carbocycles. The summed E-state index contributed by atoms with van der Waals surface area (Å²) in [5.41, 5.74) is -1.26. The smallest absolute Gasteiger partial charge is 0.343 e. The molecule has 2 aliphatic rings. The standard InChI is InChI=1S/C21H24ClF2N3O4/c1-3-31-21(30)15(9-25-12-4-5-12)20(29)14-8-16(23)19(17(22)18(14)24)27-7-6-13(10-27)26-11(2)28/h8-9,12-13,25H,3-7,10H2,1-2H3,(H,26,28)/b15-9-. The zero-order valence-electron chi connectivity index (χ0n) is 17.3. The number of hydrogen-bond donors (Lipinski definition) is 2. The summed E-state index contributed by atoms with van der Waals surface area (Å²) in [7, 11) is 0. The van der Waals surface area contributed by atoms with E-state index in [1.165, 1.54) is 18.0 Å². The molecular weight excluding hydrogens is 432 g/mol. The Morgan fingerprint density at radius 3 is 2.58 bits per heavy atom. The second-order valence-corrected chi connectivity index (χ2v) is 7.94. The largest absolute Gasteiger partial charge is 0.462 e. The summed E-state index contributed by atoms with van der Waals surface area (Å²) in [6.45, 7) is 3.58. The molecule has 1 saturated carbocycles. The molecule has 1 heterocycles. The van der Waals surface area contributed by atoms with Crippen molar-refractivity contribution in [2.75, 3.05) is 24.6 Å². The fourth-order valence-electron chi connectivity index (χ4n) is 3.43. The zero-order chi connectivity index (χ0) is 22.7. The van der Waals surface area contributed by atoms with Crippen molar-refractivity contribution < 1.29 is 27.9 Å². The molecule has 2 N–H and O–H groups in total. The highest BCUT2D eigenvalue weighted by Crippen LogP contribution is 2.36. The van der Waals surface area contributed by atoms with E-state index in [1.807, 2.05) is 0 Å². The van der Waals surface area contributed by atoms with Gasteiger partial charge in [-0.25, -0.2) is 13.6 Å². The third kappa shape index (κ3) is 5.33. The molecule has 1 aliphatic heterocycles.